The van der Waals surface area contributed by atoms with E-state index >= 15 is 0 Å². The summed E-state index contributed by atoms with van der Waals surface area (Å²) in [6.45, 7) is 5.80. The largest absolute Gasteiger partial charge is 0.364 e. The molecule has 4 aromatic rings. The van der Waals surface area contributed by atoms with Crippen LogP contribution in [0, 0.1) is 25.5 Å². The van der Waals surface area contributed by atoms with Crippen molar-refractivity contribution in [3.63, 3.8) is 0 Å². The molecule has 2 heterocycles. The van der Waals surface area contributed by atoms with Crippen LogP contribution in [-0.2, 0) is 6.54 Å². The Morgan fingerprint density at radius 2 is 1.84 bits per heavy atom. The van der Waals surface area contributed by atoms with Crippen molar-refractivity contribution in [3.8, 4) is 17.1 Å². The van der Waals surface area contributed by atoms with Gasteiger partial charge >= 0.3 is 5.69 Å². The second-order valence-electron chi connectivity index (χ2n) is 7.16. The van der Waals surface area contributed by atoms with Gasteiger partial charge in [0.1, 0.15) is 5.52 Å². The number of fused-ring (bicyclic) bond motifs is 1. The minimum Gasteiger partial charge on any atom is -0.364 e. The third kappa shape index (κ3) is 3.18. The molecule has 2 N–H and O–H groups in total. The van der Waals surface area contributed by atoms with Crippen LogP contribution in [0.3, 0.4) is 0 Å². The maximum atomic E-state index is 14.4. The van der Waals surface area contributed by atoms with Crippen LogP contribution >= 0.6 is 0 Å². The Hall–Kier alpha value is -3.88. The zero-order valence-corrected chi connectivity index (χ0v) is 17.1. The molecule has 0 aliphatic heterocycles. The number of hydrogen-bond donors (Lipinski definition) is 1. The van der Waals surface area contributed by atoms with Crippen molar-refractivity contribution >= 4 is 17.1 Å². The van der Waals surface area contributed by atoms with Crippen LogP contribution in [0.25, 0.3) is 28.2 Å². The van der Waals surface area contributed by atoms with Crippen molar-refractivity contribution in [1.29, 1.82) is 0 Å². The first kappa shape index (κ1) is 20.4. The van der Waals surface area contributed by atoms with Crippen LogP contribution in [-0.4, -0.2) is 25.0 Å². The van der Waals surface area contributed by atoms with Gasteiger partial charge in [0.25, 0.3) is 5.91 Å². The Balaban J connectivity index is 2.16. The van der Waals surface area contributed by atoms with E-state index in [2.05, 4.69) is 9.97 Å². The lowest BCUT2D eigenvalue weighted by Gasteiger charge is -2.09. The maximum Gasteiger partial charge on any atom is 0.335 e. The number of amides is 1. The predicted octanol–water partition coefficient (Wildman–Crippen LogP) is 3.26. The van der Waals surface area contributed by atoms with Crippen LogP contribution in [0.4, 0.5) is 8.78 Å². The molecule has 0 spiro atoms. The van der Waals surface area contributed by atoms with Gasteiger partial charge in [-0.1, -0.05) is 12.1 Å². The lowest BCUT2D eigenvalue weighted by molar-refractivity contribution is 0.0997. The van der Waals surface area contributed by atoms with Crippen LogP contribution in [0.2, 0.25) is 0 Å². The molecular formula is C22H19F2N5O2. The molecule has 9 heteroatoms. The van der Waals surface area contributed by atoms with Crippen LogP contribution < -0.4 is 11.4 Å². The van der Waals surface area contributed by atoms with Gasteiger partial charge in [-0.05, 0) is 56.2 Å². The maximum absolute atomic E-state index is 14.4. The molecule has 0 bridgehead atoms. The van der Waals surface area contributed by atoms with Crippen LogP contribution in [0.5, 0.6) is 0 Å². The van der Waals surface area contributed by atoms with Crippen molar-refractivity contribution in [2.45, 2.75) is 27.3 Å². The van der Waals surface area contributed by atoms with Crippen molar-refractivity contribution in [3.05, 3.63) is 75.3 Å². The van der Waals surface area contributed by atoms with Gasteiger partial charge in [-0.2, -0.15) is 0 Å². The van der Waals surface area contributed by atoms with E-state index in [-0.39, 0.29) is 34.8 Å². The minimum atomic E-state index is -1.16. The number of aryl methyl sites for hydroxylation is 3. The van der Waals surface area contributed by atoms with Gasteiger partial charge in [-0.3, -0.25) is 9.36 Å². The molecule has 0 unspecified atom stereocenters. The van der Waals surface area contributed by atoms with E-state index in [1.54, 1.807) is 13.0 Å². The van der Waals surface area contributed by atoms with Crippen molar-refractivity contribution < 1.29 is 13.6 Å². The van der Waals surface area contributed by atoms with E-state index in [4.69, 9.17) is 5.73 Å². The van der Waals surface area contributed by atoms with E-state index in [9.17, 15) is 18.4 Å². The number of nitrogens with zero attached hydrogens (tertiary/aromatic N) is 4. The van der Waals surface area contributed by atoms with Gasteiger partial charge in [0.2, 0.25) is 0 Å². The van der Waals surface area contributed by atoms with Crippen LogP contribution in [0.15, 0.2) is 41.2 Å². The second-order valence-corrected chi connectivity index (χ2v) is 7.16. The molecule has 0 radical (unpaired) electrons. The van der Waals surface area contributed by atoms with E-state index in [0.717, 1.165) is 17.2 Å². The molecule has 0 aliphatic carbocycles. The number of primary amides is 1. The number of aromatic nitrogens is 4. The standard InChI is InChI=1S/C22H19F2N5O2/c1-4-28-18-17(19(25)30)26-20(14-6-5-7-15(23)16(14)24)27-21(18)29(22(28)31)13-9-8-11(2)12(3)10-13/h5-10H,4H2,1-3H3,(H2,25,30). The molecule has 0 atom stereocenters. The van der Waals surface area contributed by atoms with Gasteiger partial charge in [-0.25, -0.2) is 28.1 Å². The number of imidazole rings is 1. The van der Waals surface area contributed by atoms with Crippen molar-refractivity contribution in [2.75, 3.05) is 0 Å². The number of rotatable bonds is 4. The first-order valence-electron chi connectivity index (χ1n) is 9.59. The number of halogens is 2. The molecule has 2 aromatic heterocycles. The lowest BCUT2D eigenvalue weighted by Crippen LogP contribution is -2.23. The van der Waals surface area contributed by atoms with Gasteiger partial charge in [-0.15, -0.1) is 0 Å². The van der Waals surface area contributed by atoms with E-state index in [1.807, 2.05) is 26.0 Å². The fraction of sp³-hybridized carbons (Fsp3) is 0.182. The fourth-order valence-corrected chi connectivity index (χ4v) is 3.51. The highest BCUT2D eigenvalue weighted by Crippen LogP contribution is 2.26. The van der Waals surface area contributed by atoms with Gasteiger partial charge in [0.15, 0.2) is 28.8 Å². The van der Waals surface area contributed by atoms with E-state index < -0.39 is 23.2 Å². The summed E-state index contributed by atoms with van der Waals surface area (Å²) >= 11 is 0. The van der Waals surface area contributed by atoms with Gasteiger partial charge in [0, 0.05) is 6.54 Å². The van der Waals surface area contributed by atoms with Crippen molar-refractivity contribution in [1.82, 2.24) is 19.1 Å². The SMILES string of the molecule is CCn1c(=O)n(-c2ccc(C)c(C)c2)c2nc(-c3cccc(F)c3F)nc(C(N)=O)c21. The Morgan fingerprint density at radius 1 is 1.10 bits per heavy atom. The summed E-state index contributed by atoms with van der Waals surface area (Å²) < 4.78 is 30.9. The molecule has 0 saturated heterocycles. The average Bonchev–Trinajstić information content (AvgIpc) is 3.02. The Bertz CT molecular complexity index is 1420. The lowest BCUT2D eigenvalue weighted by atomic mass is 10.1. The fourth-order valence-electron chi connectivity index (χ4n) is 3.51. The summed E-state index contributed by atoms with van der Waals surface area (Å²) in [5.41, 5.74) is 7.32. The normalized spacial score (nSPS) is 11.3. The number of carbonyl (C=O) groups is 1. The zero-order chi connectivity index (χ0) is 22.4. The number of carbonyl (C=O) groups excluding carboxylic acids is 1. The summed E-state index contributed by atoms with van der Waals surface area (Å²) in [6, 6.07) is 8.97. The topological polar surface area (TPSA) is 95.8 Å². The summed E-state index contributed by atoms with van der Waals surface area (Å²) in [5.74, 6) is -3.40. The predicted molar refractivity (Wildman–Crippen MR) is 112 cm³/mol. The number of hydrogen-bond acceptors (Lipinski definition) is 4. The zero-order valence-electron chi connectivity index (χ0n) is 17.1. The Morgan fingerprint density at radius 3 is 2.48 bits per heavy atom. The molecule has 2 aromatic carbocycles. The summed E-state index contributed by atoms with van der Waals surface area (Å²) in [4.78, 5) is 33.9. The average molecular weight is 423 g/mol. The Kier molecular flexibility index (Phi) is 4.88. The molecule has 0 saturated carbocycles. The van der Waals surface area contributed by atoms with E-state index in [1.165, 1.54) is 21.3 Å². The van der Waals surface area contributed by atoms with Gasteiger partial charge < -0.3 is 5.73 Å². The van der Waals surface area contributed by atoms with Crippen LogP contribution in [0.1, 0.15) is 28.5 Å². The third-order valence-corrected chi connectivity index (χ3v) is 5.26. The number of nitrogens with two attached hydrogens (primary N) is 1. The summed E-state index contributed by atoms with van der Waals surface area (Å²) in [5, 5.41) is 0. The highest BCUT2D eigenvalue weighted by atomic mass is 19.2. The molecule has 31 heavy (non-hydrogen) atoms. The molecule has 0 aliphatic rings. The van der Waals surface area contributed by atoms with Gasteiger partial charge in [0.05, 0.1) is 11.3 Å². The summed E-state index contributed by atoms with van der Waals surface area (Å²) in [6.07, 6.45) is 0. The molecular weight excluding hydrogens is 404 g/mol. The number of benzene rings is 2. The van der Waals surface area contributed by atoms with Crippen molar-refractivity contribution in [2.24, 2.45) is 5.73 Å². The summed E-state index contributed by atoms with van der Waals surface area (Å²) in [7, 11) is 0. The highest BCUT2D eigenvalue weighted by molar-refractivity contribution is 6.02. The minimum absolute atomic E-state index is 0.0811. The monoisotopic (exact) mass is 423 g/mol. The quantitative estimate of drug-likeness (QED) is 0.545. The molecule has 4 rings (SSSR count). The molecule has 158 valence electrons. The first-order chi connectivity index (χ1) is 14.7. The molecule has 7 nitrogen and oxygen atoms in total. The first-order valence-corrected chi connectivity index (χ1v) is 9.59. The second kappa shape index (κ2) is 7.42. The van der Waals surface area contributed by atoms with E-state index in [0.29, 0.717) is 5.69 Å². The molecule has 0 fully saturated rings. The smallest absolute Gasteiger partial charge is 0.335 e. The highest BCUT2D eigenvalue weighted by Gasteiger charge is 2.25. The molecule has 1 amide bonds. The third-order valence-electron chi connectivity index (χ3n) is 5.26. The Labute approximate surface area is 175 Å².